The summed E-state index contributed by atoms with van der Waals surface area (Å²) in [5, 5.41) is 3.05. The van der Waals surface area contributed by atoms with Gasteiger partial charge in [0.25, 0.3) is 6.43 Å². The topological polar surface area (TPSA) is 47.0 Å². The fraction of sp³-hybridized carbons (Fsp3) is 0.556. The Labute approximate surface area is 86.7 Å². The largest absolute Gasteiger partial charge is 0.470 e. The molecule has 0 aliphatic carbocycles. The summed E-state index contributed by atoms with van der Waals surface area (Å²) in [6, 6.07) is 0. The maximum absolute atomic E-state index is 11.8. The van der Waals surface area contributed by atoms with Gasteiger partial charge in [-0.2, -0.15) is 0 Å². The molecule has 15 heavy (non-hydrogen) atoms. The molecule has 84 valence electrons. The van der Waals surface area contributed by atoms with Crippen molar-refractivity contribution in [3.05, 3.63) is 18.1 Å². The number of hydrogen-bond acceptors (Lipinski definition) is 4. The van der Waals surface area contributed by atoms with Crippen LogP contribution in [0.15, 0.2) is 12.4 Å². The van der Waals surface area contributed by atoms with Crippen molar-refractivity contribution >= 4 is 0 Å². The van der Waals surface area contributed by atoms with E-state index in [0.29, 0.717) is 12.2 Å². The Morgan fingerprint density at radius 2 is 2.27 bits per heavy atom. The third kappa shape index (κ3) is 4.64. The molecule has 1 aromatic heterocycles. The summed E-state index contributed by atoms with van der Waals surface area (Å²) in [4.78, 5) is 7.84. The summed E-state index contributed by atoms with van der Waals surface area (Å²) in [6.07, 6.45) is 0.389. The molecule has 0 radical (unpaired) electrons. The Bertz CT molecular complexity index is 296. The SMILES string of the molecule is CCNCc1cncc(OCC(F)F)n1. The van der Waals surface area contributed by atoms with Crippen LogP contribution in [0.2, 0.25) is 0 Å². The minimum atomic E-state index is -2.50. The Balaban J connectivity index is 2.50. The van der Waals surface area contributed by atoms with E-state index in [1.165, 1.54) is 6.20 Å². The van der Waals surface area contributed by atoms with Crippen LogP contribution in [0.4, 0.5) is 8.78 Å². The molecule has 1 rings (SSSR count). The van der Waals surface area contributed by atoms with Crippen LogP contribution in [-0.2, 0) is 6.54 Å². The van der Waals surface area contributed by atoms with Gasteiger partial charge in [-0.3, -0.25) is 4.98 Å². The highest BCUT2D eigenvalue weighted by atomic mass is 19.3. The molecule has 6 heteroatoms. The molecule has 0 saturated carbocycles. The fourth-order valence-electron chi connectivity index (χ4n) is 0.943. The minimum absolute atomic E-state index is 0.130. The third-order valence-corrected chi connectivity index (χ3v) is 1.58. The summed E-state index contributed by atoms with van der Waals surface area (Å²) in [5.74, 6) is 0.130. The highest BCUT2D eigenvalue weighted by Gasteiger charge is 2.05. The molecule has 0 unspecified atom stereocenters. The van der Waals surface area contributed by atoms with Gasteiger partial charge in [0, 0.05) is 12.7 Å². The molecule has 0 aliphatic rings. The van der Waals surface area contributed by atoms with Gasteiger partial charge in [0.2, 0.25) is 5.88 Å². The Morgan fingerprint density at radius 3 is 2.93 bits per heavy atom. The van der Waals surface area contributed by atoms with E-state index >= 15 is 0 Å². The molecule has 0 bridgehead atoms. The van der Waals surface area contributed by atoms with Crippen LogP contribution in [0.25, 0.3) is 0 Å². The van der Waals surface area contributed by atoms with E-state index in [4.69, 9.17) is 4.74 Å². The van der Waals surface area contributed by atoms with Crippen LogP contribution in [0.1, 0.15) is 12.6 Å². The van der Waals surface area contributed by atoms with Crippen molar-refractivity contribution in [3.63, 3.8) is 0 Å². The van der Waals surface area contributed by atoms with Gasteiger partial charge in [0.05, 0.1) is 11.9 Å². The molecule has 1 heterocycles. The van der Waals surface area contributed by atoms with Crippen molar-refractivity contribution in [1.29, 1.82) is 0 Å². The number of nitrogens with zero attached hydrogens (tertiary/aromatic N) is 2. The van der Waals surface area contributed by atoms with E-state index in [2.05, 4.69) is 15.3 Å². The predicted octanol–water partition coefficient (Wildman–Crippen LogP) is 1.23. The lowest BCUT2D eigenvalue weighted by Crippen LogP contribution is -2.14. The molecule has 0 aromatic carbocycles. The first-order chi connectivity index (χ1) is 7.22. The van der Waals surface area contributed by atoms with Gasteiger partial charge in [-0.1, -0.05) is 6.92 Å². The molecular weight excluding hydrogens is 204 g/mol. The van der Waals surface area contributed by atoms with E-state index in [1.807, 2.05) is 6.92 Å². The minimum Gasteiger partial charge on any atom is -0.470 e. The van der Waals surface area contributed by atoms with Crippen LogP contribution in [0, 0.1) is 0 Å². The molecule has 4 nitrogen and oxygen atoms in total. The van der Waals surface area contributed by atoms with Gasteiger partial charge in [-0.15, -0.1) is 0 Å². The smallest absolute Gasteiger partial charge is 0.272 e. The van der Waals surface area contributed by atoms with Crippen molar-refractivity contribution in [3.8, 4) is 5.88 Å². The van der Waals surface area contributed by atoms with Crippen LogP contribution < -0.4 is 10.1 Å². The second-order valence-electron chi connectivity index (χ2n) is 2.83. The van der Waals surface area contributed by atoms with E-state index < -0.39 is 13.0 Å². The van der Waals surface area contributed by atoms with Crippen LogP contribution in [0.5, 0.6) is 5.88 Å². The lowest BCUT2D eigenvalue weighted by atomic mass is 10.4. The van der Waals surface area contributed by atoms with Crippen LogP contribution in [-0.4, -0.2) is 29.5 Å². The first kappa shape index (κ1) is 11.8. The van der Waals surface area contributed by atoms with Crippen molar-refractivity contribution in [2.24, 2.45) is 0 Å². The zero-order valence-electron chi connectivity index (χ0n) is 8.41. The Morgan fingerprint density at radius 1 is 1.47 bits per heavy atom. The fourth-order valence-corrected chi connectivity index (χ4v) is 0.943. The van der Waals surface area contributed by atoms with Gasteiger partial charge < -0.3 is 10.1 Å². The third-order valence-electron chi connectivity index (χ3n) is 1.58. The molecule has 0 saturated heterocycles. The van der Waals surface area contributed by atoms with Gasteiger partial charge >= 0.3 is 0 Å². The maximum atomic E-state index is 11.8. The van der Waals surface area contributed by atoms with Crippen LogP contribution >= 0.6 is 0 Å². The molecule has 0 atom stereocenters. The number of hydrogen-bond donors (Lipinski definition) is 1. The molecule has 1 aromatic rings. The number of rotatable bonds is 6. The second-order valence-corrected chi connectivity index (χ2v) is 2.83. The van der Waals surface area contributed by atoms with Crippen molar-refractivity contribution in [2.45, 2.75) is 19.9 Å². The number of aromatic nitrogens is 2. The zero-order chi connectivity index (χ0) is 11.1. The summed E-state index contributed by atoms with van der Waals surface area (Å²) in [7, 11) is 0. The van der Waals surface area contributed by atoms with Crippen LogP contribution in [0.3, 0.4) is 0 Å². The van der Waals surface area contributed by atoms with Gasteiger partial charge in [-0.05, 0) is 6.54 Å². The summed E-state index contributed by atoms with van der Waals surface area (Å²) in [5.41, 5.74) is 0.670. The quantitative estimate of drug-likeness (QED) is 0.778. The molecular formula is C9H13F2N3O. The molecule has 0 spiro atoms. The van der Waals surface area contributed by atoms with Crippen molar-refractivity contribution in [1.82, 2.24) is 15.3 Å². The average Bonchev–Trinajstić information content (AvgIpc) is 2.24. The first-order valence-corrected chi connectivity index (χ1v) is 4.65. The summed E-state index contributed by atoms with van der Waals surface area (Å²) in [6.45, 7) is 2.67. The Hall–Kier alpha value is -1.30. The molecule has 0 amide bonds. The number of halogens is 2. The monoisotopic (exact) mass is 217 g/mol. The Kier molecular flexibility index (Phi) is 4.89. The van der Waals surface area contributed by atoms with Gasteiger partial charge in [0.1, 0.15) is 0 Å². The van der Waals surface area contributed by atoms with Crippen molar-refractivity contribution < 1.29 is 13.5 Å². The summed E-state index contributed by atoms with van der Waals surface area (Å²) >= 11 is 0. The number of ether oxygens (including phenoxy) is 1. The molecule has 0 fully saturated rings. The lowest BCUT2D eigenvalue weighted by Gasteiger charge is -2.05. The zero-order valence-corrected chi connectivity index (χ0v) is 8.41. The van der Waals surface area contributed by atoms with Gasteiger partial charge in [-0.25, -0.2) is 13.8 Å². The first-order valence-electron chi connectivity index (χ1n) is 4.65. The van der Waals surface area contributed by atoms with E-state index in [9.17, 15) is 8.78 Å². The van der Waals surface area contributed by atoms with E-state index in [1.54, 1.807) is 6.20 Å². The lowest BCUT2D eigenvalue weighted by molar-refractivity contribution is 0.0792. The highest BCUT2D eigenvalue weighted by Crippen LogP contribution is 2.06. The molecule has 1 N–H and O–H groups in total. The standard InChI is InChI=1S/C9H13F2N3O/c1-2-12-3-7-4-13-5-9(14-7)15-6-8(10)11/h4-5,8,12H,2-3,6H2,1H3. The maximum Gasteiger partial charge on any atom is 0.272 e. The van der Waals surface area contributed by atoms with Gasteiger partial charge in [0.15, 0.2) is 6.61 Å². The second kappa shape index (κ2) is 6.23. The van der Waals surface area contributed by atoms with E-state index in [0.717, 1.165) is 6.54 Å². The van der Waals surface area contributed by atoms with E-state index in [-0.39, 0.29) is 5.88 Å². The normalized spacial score (nSPS) is 10.7. The van der Waals surface area contributed by atoms with Crippen molar-refractivity contribution in [2.75, 3.05) is 13.2 Å². The summed E-state index contributed by atoms with van der Waals surface area (Å²) < 4.78 is 28.4. The number of alkyl halides is 2. The number of nitrogens with one attached hydrogen (secondary N) is 1. The molecule has 0 aliphatic heterocycles. The average molecular weight is 217 g/mol. The highest BCUT2D eigenvalue weighted by molar-refractivity contribution is 5.08. The predicted molar refractivity (Wildman–Crippen MR) is 50.9 cm³/mol.